The quantitative estimate of drug-likeness (QED) is 0.902. The molecule has 0 aliphatic heterocycles. The minimum atomic E-state index is -0.354. The average Bonchev–Trinajstić information content (AvgIpc) is 3.08. The first-order valence-corrected chi connectivity index (χ1v) is 6.28. The Bertz CT molecular complexity index is 487. The van der Waals surface area contributed by atoms with Crippen molar-refractivity contribution >= 4 is 17.5 Å². The monoisotopic (exact) mass is 264 g/mol. The largest absolute Gasteiger partial charge is 0.336 e. The maximum atomic E-state index is 12.7. The topological polar surface area (TPSA) is 49.4 Å². The lowest BCUT2D eigenvalue weighted by Gasteiger charge is -2.16. The number of hydrogen-bond donors (Lipinski definition) is 1. The summed E-state index contributed by atoms with van der Waals surface area (Å²) in [6.45, 7) is 2.04. The molecule has 0 bridgehead atoms. The second kappa shape index (κ2) is 5.38. The van der Waals surface area contributed by atoms with Crippen molar-refractivity contribution in [1.29, 1.82) is 0 Å². The van der Waals surface area contributed by atoms with Gasteiger partial charge in [-0.15, -0.1) is 0 Å². The zero-order valence-corrected chi connectivity index (χ0v) is 11.0. The van der Waals surface area contributed by atoms with Gasteiger partial charge < -0.3 is 10.2 Å². The summed E-state index contributed by atoms with van der Waals surface area (Å²) in [5, 5.41) is 2.63. The molecular formula is C14H17FN2O2. The molecule has 0 heterocycles. The zero-order valence-electron chi connectivity index (χ0n) is 11.0. The van der Waals surface area contributed by atoms with Gasteiger partial charge in [0.05, 0.1) is 6.54 Å². The van der Waals surface area contributed by atoms with E-state index in [0.29, 0.717) is 11.6 Å². The van der Waals surface area contributed by atoms with Crippen LogP contribution in [0.25, 0.3) is 0 Å². The smallest absolute Gasteiger partial charge is 0.243 e. The first-order chi connectivity index (χ1) is 8.97. The highest BCUT2D eigenvalue weighted by atomic mass is 19.1. The number of carbonyl (C=O) groups excluding carboxylic acids is 2. The minimum Gasteiger partial charge on any atom is -0.336 e. The van der Waals surface area contributed by atoms with Crippen LogP contribution in [-0.4, -0.2) is 30.3 Å². The molecule has 1 saturated carbocycles. The third-order valence-corrected chi connectivity index (χ3v) is 3.31. The fraction of sp³-hybridized carbons (Fsp3) is 0.429. The molecule has 4 nitrogen and oxygen atoms in total. The van der Waals surface area contributed by atoms with Crippen molar-refractivity contribution in [2.24, 2.45) is 11.8 Å². The molecule has 1 aliphatic rings. The molecule has 1 aliphatic carbocycles. The Morgan fingerprint density at radius 2 is 1.95 bits per heavy atom. The van der Waals surface area contributed by atoms with Gasteiger partial charge in [0.25, 0.3) is 0 Å². The first-order valence-electron chi connectivity index (χ1n) is 6.28. The highest BCUT2D eigenvalue weighted by Crippen LogP contribution is 2.38. The standard InChI is InChI=1S/C14H17FN2O2/c1-9-7-12(9)14(19)17(2)8-13(18)16-11-5-3-10(15)4-6-11/h3-6,9,12H,7-8H2,1-2H3,(H,16,18). The summed E-state index contributed by atoms with van der Waals surface area (Å²) < 4.78 is 12.7. The van der Waals surface area contributed by atoms with Crippen molar-refractivity contribution in [2.45, 2.75) is 13.3 Å². The van der Waals surface area contributed by atoms with Gasteiger partial charge in [0, 0.05) is 18.7 Å². The van der Waals surface area contributed by atoms with Crippen LogP contribution in [0.1, 0.15) is 13.3 Å². The Kier molecular flexibility index (Phi) is 3.83. The van der Waals surface area contributed by atoms with E-state index in [9.17, 15) is 14.0 Å². The lowest BCUT2D eigenvalue weighted by atomic mass is 10.3. The molecule has 2 amide bonds. The second-order valence-electron chi connectivity index (χ2n) is 5.07. The van der Waals surface area contributed by atoms with Gasteiger partial charge >= 0.3 is 0 Å². The summed E-state index contributed by atoms with van der Waals surface area (Å²) in [7, 11) is 1.62. The van der Waals surface area contributed by atoms with Crippen molar-refractivity contribution < 1.29 is 14.0 Å². The second-order valence-corrected chi connectivity index (χ2v) is 5.07. The molecule has 0 radical (unpaired) electrons. The van der Waals surface area contributed by atoms with Crippen molar-refractivity contribution in [3.05, 3.63) is 30.1 Å². The third kappa shape index (κ3) is 3.53. The highest BCUT2D eigenvalue weighted by Gasteiger charge is 2.40. The molecule has 2 atom stereocenters. The summed E-state index contributed by atoms with van der Waals surface area (Å²) in [5.41, 5.74) is 0.520. The molecule has 1 fully saturated rings. The molecule has 2 rings (SSSR count). The summed E-state index contributed by atoms with van der Waals surface area (Å²) in [6, 6.07) is 5.52. The lowest BCUT2D eigenvalue weighted by molar-refractivity contribution is -0.134. The normalized spacial score (nSPS) is 20.8. The van der Waals surface area contributed by atoms with Crippen molar-refractivity contribution in [3.63, 3.8) is 0 Å². The number of benzene rings is 1. The van der Waals surface area contributed by atoms with Crippen LogP contribution in [0.4, 0.5) is 10.1 Å². The Morgan fingerprint density at radius 3 is 2.47 bits per heavy atom. The fourth-order valence-electron chi connectivity index (χ4n) is 1.98. The third-order valence-electron chi connectivity index (χ3n) is 3.31. The van der Waals surface area contributed by atoms with Crippen LogP contribution in [0.5, 0.6) is 0 Å². The van der Waals surface area contributed by atoms with Crippen LogP contribution in [0.2, 0.25) is 0 Å². The van der Waals surface area contributed by atoms with Crippen molar-refractivity contribution in [2.75, 3.05) is 18.9 Å². The summed E-state index contributed by atoms with van der Waals surface area (Å²) >= 11 is 0. The number of anilines is 1. The van der Waals surface area contributed by atoms with Gasteiger partial charge in [0.15, 0.2) is 0 Å². The molecule has 1 aromatic rings. The number of carbonyl (C=O) groups is 2. The van der Waals surface area contributed by atoms with Crippen LogP contribution < -0.4 is 5.32 Å². The minimum absolute atomic E-state index is 0.0133. The average molecular weight is 264 g/mol. The number of nitrogens with zero attached hydrogens (tertiary/aromatic N) is 1. The van der Waals surface area contributed by atoms with Crippen LogP contribution >= 0.6 is 0 Å². The molecule has 0 saturated heterocycles. The Hall–Kier alpha value is -1.91. The lowest BCUT2D eigenvalue weighted by Crippen LogP contribution is -2.36. The van der Waals surface area contributed by atoms with Gasteiger partial charge in [-0.1, -0.05) is 6.92 Å². The maximum Gasteiger partial charge on any atom is 0.243 e. The number of hydrogen-bond acceptors (Lipinski definition) is 2. The Balaban J connectivity index is 1.83. The first kappa shape index (κ1) is 13.5. The number of nitrogens with one attached hydrogen (secondary N) is 1. The van der Waals surface area contributed by atoms with Gasteiger partial charge in [0.2, 0.25) is 11.8 Å². The number of amides is 2. The maximum absolute atomic E-state index is 12.7. The van der Waals surface area contributed by atoms with Crippen molar-refractivity contribution in [1.82, 2.24) is 4.90 Å². The van der Waals surface area contributed by atoms with Gasteiger partial charge in [-0.3, -0.25) is 9.59 Å². The number of rotatable bonds is 4. The molecule has 2 unspecified atom stereocenters. The van der Waals surface area contributed by atoms with E-state index < -0.39 is 0 Å². The van der Waals surface area contributed by atoms with E-state index in [0.717, 1.165) is 6.42 Å². The fourth-order valence-corrected chi connectivity index (χ4v) is 1.98. The van der Waals surface area contributed by atoms with Gasteiger partial charge in [0.1, 0.15) is 5.82 Å². The molecule has 1 N–H and O–H groups in total. The van der Waals surface area contributed by atoms with Crippen LogP contribution in [-0.2, 0) is 9.59 Å². The summed E-state index contributed by atoms with van der Waals surface area (Å²) in [4.78, 5) is 25.0. The van der Waals surface area contributed by atoms with Gasteiger partial charge in [-0.25, -0.2) is 4.39 Å². The summed E-state index contributed by atoms with van der Waals surface area (Å²) in [5.74, 6) is -0.121. The predicted octanol–water partition coefficient (Wildman–Crippen LogP) is 1.88. The molecule has 102 valence electrons. The SMILES string of the molecule is CC1CC1C(=O)N(C)CC(=O)Nc1ccc(F)cc1. The van der Waals surface area contributed by atoms with E-state index in [1.54, 1.807) is 7.05 Å². The van der Waals surface area contributed by atoms with Gasteiger partial charge in [-0.2, -0.15) is 0 Å². The zero-order chi connectivity index (χ0) is 14.0. The van der Waals surface area contributed by atoms with Crippen LogP contribution in [0, 0.1) is 17.7 Å². The molecule has 0 spiro atoms. The van der Waals surface area contributed by atoms with E-state index >= 15 is 0 Å². The van der Waals surface area contributed by atoms with Crippen LogP contribution in [0.15, 0.2) is 24.3 Å². The van der Waals surface area contributed by atoms with E-state index in [4.69, 9.17) is 0 Å². The Morgan fingerprint density at radius 1 is 1.37 bits per heavy atom. The summed E-state index contributed by atoms with van der Waals surface area (Å²) in [6.07, 6.45) is 0.906. The number of halogens is 1. The van der Waals surface area contributed by atoms with Crippen LogP contribution in [0.3, 0.4) is 0 Å². The molecule has 1 aromatic carbocycles. The molecular weight excluding hydrogens is 247 g/mol. The van der Waals surface area contributed by atoms with E-state index in [1.807, 2.05) is 6.92 Å². The molecule has 19 heavy (non-hydrogen) atoms. The highest BCUT2D eigenvalue weighted by molar-refractivity contribution is 5.95. The predicted molar refractivity (Wildman–Crippen MR) is 69.9 cm³/mol. The van der Waals surface area contributed by atoms with E-state index in [-0.39, 0.29) is 30.1 Å². The van der Waals surface area contributed by atoms with E-state index in [1.165, 1.54) is 29.2 Å². The van der Waals surface area contributed by atoms with Crippen molar-refractivity contribution in [3.8, 4) is 0 Å². The molecule has 0 aromatic heterocycles. The van der Waals surface area contributed by atoms with E-state index in [2.05, 4.69) is 5.32 Å². The molecule has 5 heteroatoms. The van der Waals surface area contributed by atoms with Gasteiger partial charge in [-0.05, 0) is 36.6 Å². The number of likely N-dealkylation sites (N-methyl/N-ethyl adjacent to an activating group) is 1. The Labute approximate surface area is 111 Å².